The second kappa shape index (κ2) is 11.4. The van der Waals surface area contributed by atoms with Crippen molar-refractivity contribution in [3.05, 3.63) is 145 Å². The topological polar surface area (TPSA) is 18.5 Å². The molecule has 4 aromatic carbocycles. The Kier molecular flexibility index (Phi) is 7.83. The third-order valence-electron chi connectivity index (χ3n) is 5.43. The van der Waals surface area contributed by atoms with Crippen LogP contribution in [0, 0.1) is 0 Å². The SMILES string of the molecule is C=C(CO[Si](OC/C=C/c1ccccc1)(c1ccccc1)c1ccccc1)c1ccccc1. The number of hydrogen-bond donors (Lipinski definition) is 0. The van der Waals surface area contributed by atoms with Gasteiger partial charge in [0, 0.05) is 0 Å². The smallest absolute Gasteiger partial charge is 0.384 e. The second-order valence-corrected chi connectivity index (χ2v) is 10.7. The van der Waals surface area contributed by atoms with E-state index in [1.807, 2.05) is 72.8 Å². The number of benzene rings is 4. The van der Waals surface area contributed by atoms with Crippen LogP contribution in [0.25, 0.3) is 11.6 Å². The van der Waals surface area contributed by atoms with Gasteiger partial charge in [-0.05, 0) is 27.1 Å². The van der Waals surface area contributed by atoms with Crippen molar-refractivity contribution < 1.29 is 8.85 Å². The molecule has 0 heterocycles. The predicted molar refractivity (Wildman–Crippen MR) is 141 cm³/mol. The molecule has 0 aliphatic heterocycles. The summed E-state index contributed by atoms with van der Waals surface area (Å²) in [6.45, 7) is 5.12. The zero-order valence-electron chi connectivity index (χ0n) is 18.6. The van der Waals surface area contributed by atoms with Crippen LogP contribution in [0.3, 0.4) is 0 Å². The Morgan fingerprint density at radius 2 is 1.12 bits per heavy atom. The molecule has 0 saturated carbocycles. The van der Waals surface area contributed by atoms with Gasteiger partial charge in [0.1, 0.15) is 0 Å². The maximum atomic E-state index is 6.75. The van der Waals surface area contributed by atoms with Crippen molar-refractivity contribution in [1.29, 1.82) is 0 Å². The fourth-order valence-electron chi connectivity index (χ4n) is 3.72. The molecule has 33 heavy (non-hydrogen) atoms. The molecule has 164 valence electrons. The fraction of sp³-hybridized carbons (Fsp3) is 0.0667. The van der Waals surface area contributed by atoms with Crippen LogP contribution in [-0.4, -0.2) is 21.8 Å². The predicted octanol–water partition coefficient (Wildman–Crippen LogP) is 5.70. The highest BCUT2D eigenvalue weighted by atomic mass is 28.4. The van der Waals surface area contributed by atoms with E-state index >= 15 is 0 Å². The molecule has 0 aliphatic rings. The Labute approximate surface area is 197 Å². The average molecular weight is 449 g/mol. The maximum Gasteiger partial charge on any atom is 0.407 e. The van der Waals surface area contributed by atoms with E-state index in [1.165, 1.54) is 0 Å². The van der Waals surface area contributed by atoms with Gasteiger partial charge in [-0.15, -0.1) is 0 Å². The molecule has 2 nitrogen and oxygen atoms in total. The maximum absolute atomic E-state index is 6.75. The number of rotatable bonds is 10. The Hall–Kier alpha value is -3.50. The third kappa shape index (κ3) is 5.85. The molecule has 0 fully saturated rings. The van der Waals surface area contributed by atoms with E-state index in [0.29, 0.717) is 13.2 Å². The van der Waals surface area contributed by atoms with Crippen molar-refractivity contribution in [3.8, 4) is 0 Å². The molecule has 0 aromatic heterocycles. The van der Waals surface area contributed by atoms with Crippen molar-refractivity contribution in [2.75, 3.05) is 13.2 Å². The normalized spacial score (nSPS) is 11.5. The molecular formula is C30H28O2Si. The summed E-state index contributed by atoms with van der Waals surface area (Å²) < 4.78 is 13.5. The monoisotopic (exact) mass is 448 g/mol. The molecule has 0 radical (unpaired) electrons. The third-order valence-corrected chi connectivity index (χ3v) is 8.74. The second-order valence-electron chi connectivity index (χ2n) is 7.73. The van der Waals surface area contributed by atoms with Gasteiger partial charge in [0.2, 0.25) is 0 Å². The first-order chi connectivity index (χ1) is 16.3. The van der Waals surface area contributed by atoms with Crippen LogP contribution in [-0.2, 0) is 8.85 Å². The van der Waals surface area contributed by atoms with Crippen LogP contribution in [0.2, 0.25) is 0 Å². The Balaban J connectivity index is 1.64. The quantitative estimate of drug-likeness (QED) is 0.290. The molecule has 0 aliphatic carbocycles. The highest BCUT2D eigenvalue weighted by Crippen LogP contribution is 2.17. The first kappa shape index (κ1) is 22.7. The summed E-state index contributed by atoms with van der Waals surface area (Å²) in [5.74, 6) is 0. The summed E-state index contributed by atoms with van der Waals surface area (Å²) in [5, 5.41) is 2.15. The summed E-state index contributed by atoms with van der Waals surface area (Å²) in [4.78, 5) is 0. The molecular weight excluding hydrogens is 420 g/mol. The molecule has 0 N–H and O–H groups in total. The summed E-state index contributed by atoms with van der Waals surface area (Å²) in [6, 6.07) is 41.0. The van der Waals surface area contributed by atoms with Gasteiger partial charge < -0.3 is 8.85 Å². The molecule has 0 atom stereocenters. The lowest BCUT2D eigenvalue weighted by atomic mass is 10.1. The standard InChI is InChI=1S/C30H28O2Si/c1-26(28-18-8-3-9-19-28)25-32-33(29-20-10-4-11-21-29,30-22-12-5-13-23-30)31-24-14-17-27-15-6-2-7-16-27/h2-23H,1,24-25H2/b17-14+. The molecule has 0 spiro atoms. The Bertz CT molecular complexity index is 1120. The Morgan fingerprint density at radius 1 is 0.636 bits per heavy atom. The van der Waals surface area contributed by atoms with Crippen LogP contribution in [0.1, 0.15) is 11.1 Å². The zero-order valence-corrected chi connectivity index (χ0v) is 19.6. The summed E-state index contributed by atoms with van der Waals surface area (Å²) in [7, 11) is -2.99. The first-order valence-electron chi connectivity index (χ1n) is 11.1. The van der Waals surface area contributed by atoms with Crippen LogP contribution < -0.4 is 10.4 Å². The van der Waals surface area contributed by atoms with E-state index in [2.05, 4.69) is 67.3 Å². The molecule has 0 saturated heterocycles. The van der Waals surface area contributed by atoms with Gasteiger partial charge in [0.25, 0.3) is 0 Å². The molecule has 4 aromatic rings. The summed E-state index contributed by atoms with van der Waals surface area (Å²) in [6.07, 6.45) is 4.14. The molecule has 3 heteroatoms. The van der Waals surface area contributed by atoms with Crippen LogP contribution in [0.4, 0.5) is 0 Å². The lowest BCUT2D eigenvalue weighted by Crippen LogP contribution is -2.63. The summed E-state index contributed by atoms with van der Waals surface area (Å²) >= 11 is 0. The average Bonchev–Trinajstić information content (AvgIpc) is 2.90. The largest absolute Gasteiger partial charge is 0.407 e. The van der Waals surface area contributed by atoms with Gasteiger partial charge in [-0.3, -0.25) is 0 Å². The van der Waals surface area contributed by atoms with Crippen LogP contribution >= 0.6 is 0 Å². The highest BCUT2D eigenvalue weighted by Gasteiger charge is 2.42. The Morgan fingerprint density at radius 3 is 1.67 bits per heavy atom. The van der Waals surface area contributed by atoms with E-state index in [1.54, 1.807) is 0 Å². The van der Waals surface area contributed by atoms with Crippen molar-refractivity contribution >= 4 is 30.6 Å². The van der Waals surface area contributed by atoms with Gasteiger partial charge >= 0.3 is 8.56 Å². The van der Waals surface area contributed by atoms with Crippen molar-refractivity contribution in [2.24, 2.45) is 0 Å². The van der Waals surface area contributed by atoms with Crippen LogP contribution in [0.5, 0.6) is 0 Å². The van der Waals surface area contributed by atoms with Crippen molar-refractivity contribution in [2.45, 2.75) is 0 Å². The van der Waals surface area contributed by atoms with Gasteiger partial charge in [-0.25, -0.2) is 0 Å². The number of hydrogen-bond acceptors (Lipinski definition) is 2. The van der Waals surface area contributed by atoms with E-state index in [9.17, 15) is 0 Å². The van der Waals surface area contributed by atoms with E-state index in [0.717, 1.165) is 27.1 Å². The van der Waals surface area contributed by atoms with Gasteiger partial charge in [-0.2, -0.15) is 0 Å². The highest BCUT2D eigenvalue weighted by molar-refractivity contribution is 6.92. The van der Waals surface area contributed by atoms with E-state index in [-0.39, 0.29) is 0 Å². The van der Waals surface area contributed by atoms with Gasteiger partial charge in [0.05, 0.1) is 13.2 Å². The summed E-state index contributed by atoms with van der Waals surface area (Å²) in [5.41, 5.74) is 3.15. The minimum Gasteiger partial charge on any atom is -0.384 e. The molecule has 0 bridgehead atoms. The van der Waals surface area contributed by atoms with Crippen LogP contribution in [0.15, 0.2) is 134 Å². The zero-order chi connectivity index (χ0) is 22.8. The van der Waals surface area contributed by atoms with E-state index < -0.39 is 8.56 Å². The van der Waals surface area contributed by atoms with Gasteiger partial charge in [0.15, 0.2) is 0 Å². The van der Waals surface area contributed by atoms with E-state index in [4.69, 9.17) is 8.85 Å². The van der Waals surface area contributed by atoms with Crippen molar-refractivity contribution in [1.82, 2.24) is 0 Å². The molecule has 0 unspecified atom stereocenters. The molecule has 4 rings (SSSR count). The van der Waals surface area contributed by atoms with Crippen molar-refractivity contribution in [3.63, 3.8) is 0 Å². The lowest BCUT2D eigenvalue weighted by Gasteiger charge is -2.31. The lowest BCUT2D eigenvalue weighted by molar-refractivity contribution is 0.230. The minimum atomic E-state index is -2.99. The first-order valence-corrected chi connectivity index (χ1v) is 12.9. The molecule has 0 amide bonds. The minimum absolute atomic E-state index is 0.391. The fourth-order valence-corrected chi connectivity index (χ4v) is 6.77. The van der Waals surface area contributed by atoms with Gasteiger partial charge in [-0.1, -0.05) is 140 Å².